The first-order valence-electron chi connectivity index (χ1n) is 7.73. The number of halogens is 1. The molecule has 0 atom stereocenters. The molecular formula is C17H27ClN2. The number of benzene rings is 1. The molecule has 0 aromatic heterocycles. The van der Waals surface area contributed by atoms with Gasteiger partial charge in [-0.3, -0.25) is 0 Å². The third-order valence-electron chi connectivity index (χ3n) is 4.84. The smallest absolute Gasteiger partial charge is 0.00808 e. The van der Waals surface area contributed by atoms with E-state index in [0.717, 1.165) is 5.92 Å². The van der Waals surface area contributed by atoms with Crippen molar-refractivity contribution < 1.29 is 0 Å². The largest absolute Gasteiger partial charge is 0.317 e. The molecule has 0 spiro atoms. The van der Waals surface area contributed by atoms with Gasteiger partial charge in [-0.2, -0.15) is 0 Å². The minimum absolute atomic E-state index is 0. The van der Waals surface area contributed by atoms with Gasteiger partial charge in [0.1, 0.15) is 0 Å². The average molecular weight is 295 g/mol. The van der Waals surface area contributed by atoms with Crippen LogP contribution in [0.1, 0.15) is 31.2 Å². The first kappa shape index (κ1) is 15.8. The lowest BCUT2D eigenvalue weighted by atomic mass is 9.93. The third-order valence-corrected chi connectivity index (χ3v) is 4.84. The van der Waals surface area contributed by atoms with Crippen molar-refractivity contribution in [1.82, 2.24) is 10.2 Å². The molecule has 3 rings (SSSR count). The normalized spacial score (nSPS) is 21.5. The van der Waals surface area contributed by atoms with E-state index in [-0.39, 0.29) is 12.4 Å². The summed E-state index contributed by atoms with van der Waals surface area (Å²) >= 11 is 0. The number of nitrogens with one attached hydrogen (secondary N) is 1. The number of likely N-dealkylation sites (N-methyl/N-ethyl adjacent to an activating group) is 1. The van der Waals surface area contributed by atoms with E-state index in [0.29, 0.717) is 5.41 Å². The summed E-state index contributed by atoms with van der Waals surface area (Å²) in [5.74, 6) is 0.901. The fourth-order valence-corrected chi connectivity index (χ4v) is 3.57. The molecule has 0 bridgehead atoms. The Kier molecular flexibility index (Phi) is 5.48. The maximum Gasteiger partial charge on any atom is 0.00808 e. The van der Waals surface area contributed by atoms with E-state index in [1.54, 1.807) is 5.56 Å². The summed E-state index contributed by atoms with van der Waals surface area (Å²) in [7, 11) is 2.31. The second kappa shape index (κ2) is 6.93. The number of hydrogen-bond donors (Lipinski definition) is 1. The second-order valence-electron chi connectivity index (χ2n) is 6.54. The van der Waals surface area contributed by atoms with Crippen LogP contribution in [0.5, 0.6) is 0 Å². The van der Waals surface area contributed by atoms with Gasteiger partial charge in [-0.05, 0) is 57.3 Å². The Bertz CT molecular complexity index is 397. The van der Waals surface area contributed by atoms with Crippen LogP contribution in [0.15, 0.2) is 30.3 Å². The predicted octanol–water partition coefficient (Wildman–Crippen LogP) is 3.07. The van der Waals surface area contributed by atoms with E-state index in [1.165, 1.54) is 51.9 Å². The van der Waals surface area contributed by atoms with Crippen LogP contribution in [0.25, 0.3) is 0 Å². The Morgan fingerprint density at radius 3 is 2.40 bits per heavy atom. The highest BCUT2D eigenvalue weighted by Crippen LogP contribution is 2.48. The fourth-order valence-electron chi connectivity index (χ4n) is 3.57. The molecule has 2 fully saturated rings. The summed E-state index contributed by atoms with van der Waals surface area (Å²) < 4.78 is 0. The Labute approximate surface area is 129 Å². The molecule has 112 valence electrons. The lowest BCUT2D eigenvalue weighted by molar-refractivity contribution is 0.225. The van der Waals surface area contributed by atoms with Gasteiger partial charge in [-0.15, -0.1) is 12.4 Å². The molecule has 1 saturated carbocycles. The number of nitrogens with zero attached hydrogens (tertiary/aromatic N) is 1. The van der Waals surface area contributed by atoms with Crippen molar-refractivity contribution >= 4 is 12.4 Å². The molecule has 20 heavy (non-hydrogen) atoms. The molecule has 3 heteroatoms. The standard InChI is InChI=1S/C17H26N2.ClH/c1-19(13-15-7-11-18-12-8-15)14-17(9-10-17)16-5-3-2-4-6-16;/h2-6,15,18H,7-14H2,1H3;1H. The first-order valence-corrected chi connectivity index (χ1v) is 7.73. The molecule has 1 N–H and O–H groups in total. The Hall–Kier alpha value is -0.570. The van der Waals surface area contributed by atoms with Crippen molar-refractivity contribution in [3.8, 4) is 0 Å². The Balaban J connectivity index is 0.00000147. The van der Waals surface area contributed by atoms with Gasteiger partial charge >= 0.3 is 0 Å². The molecule has 1 heterocycles. The summed E-state index contributed by atoms with van der Waals surface area (Å²) in [6.07, 6.45) is 5.44. The van der Waals surface area contributed by atoms with Crippen LogP contribution in [-0.4, -0.2) is 38.1 Å². The number of rotatable bonds is 5. The molecule has 0 amide bonds. The SMILES string of the molecule is CN(CC1CCNCC1)CC1(c2ccccc2)CC1.Cl. The highest BCUT2D eigenvalue weighted by Gasteiger charge is 2.44. The van der Waals surface area contributed by atoms with Gasteiger partial charge in [0.2, 0.25) is 0 Å². The summed E-state index contributed by atoms with van der Waals surface area (Å²) in [6.45, 7) is 4.93. The topological polar surface area (TPSA) is 15.3 Å². The van der Waals surface area contributed by atoms with Gasteiger partial charge in [0.15, 0.2) is 0 Å². The maximum atomic E-state index is 3.46. The van der Waals surface area contributed by atoms with E-state index >= 15 is 0 Å². The molecule has 2 aliphatic rings. The van der Waals surface area contributed by atoms with Gasteiger partial charge in [0.25, 0.3) is 0 Å². The zero-order valence-corrected chi connectivity index (χ0v) is 13.3. The molecule has 1 aliphatic heterocycles. The van der Waals surface area contributed by atoms with E-state index in [2.05, 4.69) is 47.6 Å². The van der Waals surface area contributed by atoms with Gasteiger partial charge in [0, 0.05) is 18.5 Å². The molecule has 1 aromatic rings. The van der Waals surface area contributed by atoms with Crippen molar-refractivity contribution in [1.29, 1.82) is 0 Å². The first-order chi connectivity index (χ1) is 9.28. The summed E-state index contributed by atoms with van der Waals surface area (Å²) in [6, 6.07) is 11.1. The van der Waals surface area contributed by atoms with Crippen molar-refractivity contribution in [3.63, 3.8) is 0 Å². The minimum atomic E-state index is 0. The van der Waals surface area contributed by atoms with Crippen LogP contribution in [0.2, 0.25) is 0 Å². The third kappa shape index (κ3) is 3.75. The summed E-state index contributed by atoms with van der Waals surface area (Å²) in [5, 5.41) is 3.46. The fraction of sp³-hybridized carbons (Fsp3) is 0.647. The zero-order valence-electron chi connectivity index (χ0n) is 12.5. The van der Waals surface area contributed by atoms with Crippen LogP contribution in [0, 0.1) is 5.92 Å². The van der Waals surface area contributed by atoms with Gasteiger partial charge in [-0.25, -0.2) is 0 Å². The number of hydrogen-bond acceptors (Lipinski definition) is 2. The van der Waals surface area contributed by atoms with E-state index < -0.39 is 0 Å². The van der Waals surface area contributed by atoms with Crippen molar-refractivity contribution in [2.45, 2.75) is 31.1 Å². The maximum absolute atomic E-state index is 3.46. The Morgan fingerprint density at radius 1 is 1.15 bits per heavy atom. The quantitative estimate of drug-likeness (QED) is 0.898. The van der Waals surface area contributed by atoms with Crippen LogP contribution >= 0.6 is 12.4 Å². The van der Waals surface area contributed by atoms with E-state index in [1.807, 2.05) is 0 Å². The molecule has 1 aliphatic carbocycles. The van der Waals surface area contributed by atoms with Crippen LogP contribution in [0.4, 0.5) is 0 Å². The van der Waals surface area contributed by atoms with E-state index in [9.17, 15) is 0 Å². The monoisotopic (exact) mass is 294 g/mol. The molecule has 0 unspecified atom stereocenters. The Morgan fingerprint density at radius 2 is 1.80 bits per heavy atom. The molecule has 1 saturated heterocycles. The zero-order chi connectivity index (χ0) is 13.1. The van der Waals surface area contributed by atoms with Gasteiger partial charge < -0.3 is 10.2 Å². The summed E-state index contributed by atoms with van der Waals surface area (Å²) in [5.41, 5.74) is 2.02. The second-order valence-corrected chi connectivity index (χ2v) is 6.54. The van der Waals surface area contributed by atoms with Crippen LogP contribution in [-0.2, 0) is 5.41 Å². The summed E-state index contributed by atoms with van der Waals surface area (Å²) in [4.78, 5) is 2.58. The molecule has 2 nitrogen and oxygen atoms in total. The van der Waals surface area contributed by atoms with Crippen molar-refractivity contribution in [2.75, 3.05) is 33.2 Å². The van der Waals surface area contributed by atoms with Crippen LogP contribution < -0.4 is 5.32 Å². The number of piperidine rings is 1. The lowest BCUT2D eigenvalue weighted by Gasteiger charge is -2.30. The molecular weight excluding hydrogens is 268 g/mol. The van der Waals surface area contributed by atoms with Crippen molar-refractivity contribution in [2.24, 2.45) is 5.92 Å². The van der Waals surface area contributed by atoms with Gasteiger partial charge in [0.05, 0.1) is 0 Å². The average Bonchev–Trinajstić information content (AvgIpc) is 3.21. The highest BCUT2D eigenvalue weighted by atomic mass is 35.5. The molecule has 0 radical (unpaired) electrons. The molecule has 1 aromatic carbocycles. The highest BCUT2D eigenvalue weighted by molar-refractivity contribution is 5.85. The predicted molar refractivity (Wildman–Crippen MR) is 87.7 cm³/mol. The lowest BCUT2D eigenvalue weighted by Crippen LogP contribution is -2.37. The van der Waals surface area contributed by atoms with Crippen molar-refractivity contribution in [3.05, 3.63) is 35.9 Å². The minimum Gasteiger partial charge on any atom is -0.317 e. The van der Waals surface area contributed by atoms with Crippen LogP contribution in [0.3, 0.4) is 0 Å². The van der Waals surface area contributed by atoms with Gasteiger partial charge in [-0.1, -0.05) is 30.3 Å². The van der Waals surface area contributed by atoms with E-state index in [4.69, 9.17) is 0 Å².